The van der Waals surface area contributed by atoms with Crippen LogP contribution in [0.4, 0.5) is 5.69 Å². The largest absolute Gasteiger partial charge is 0.477 e. The van der Waals surface area contributed by atoms with E-state index in [4.69, 9.17) is 23.2 Å². The molecule has 0 fully saturated rings. The summed E-state index contributed by atoms with van der Waals surface area (Å²) in [6, 6.07) is 20.0. The van der Waals surface area contributed by atoms with Gasteiger partial charge in [-0.25, -0.2) is 13.2 Å². The number of thiophene rings is 1. The van der Waals surface area contributed by atoms with Crippen molar-refractivity contribution in [3.8, 4) is 10.6 Å². The van der Waals surface area contributed by atoms with Gasteiger partial charge in [0.15, 0.2) is 0 Å². The predicted octanol–water partition coefficient (Wildman–Crippen LogP) is 6.69. The van der Waals surface area contributed by atoms with E-state index in [0.29, 0.717) is 42.8 Å². The SMILES string of the molecule is O=C(O)c1cc2c(N(Cc3ccc(Cl)c(Cl)c3)S(=O)(=O)c3ccc(-c4ccccn4)s3)cccc2[nH]1. The predicted molar refractivity (Wildman–Crippen MR) is 143 cm³/mol. The first-order chi connectivity index (χ1) is 17.2. The third-order valence-corrected chi connectivity index (χ3v) is 9.57. The number of nitrogens with one attached hydrogen (secondary N) is 1. The number of carbonyl (C=O) groups is 1. The lowest BCUT2D eigenvalue weighted by Crippen LogP contribution is -2.30. The maximum Gasteiger partial charge on any atom is 0.352 e. The third-order valence-electron chi connectivity index (χ3n) is 5.49. The number of anilines is 1. The van der Waals surface area contributed by atoms with Crippen LogP contribution in [0.15, 0.2) is 83.2 Å². The van der Waals surface area contributed by atoms with Crippen LogP contribution in [0.2, 0.25) is 10.0 Å². The quantitative estimate of drug-likeness (QED) is 0.232. The van der Waals surface area contributed by atoms with Gasteiger partial charge < -0.3 is 10.1 Å². The number of hydrogen-bond donors (Lipinski definition) is 2. The van der Waals surface area contributed by atoms with Gasteiger partial charge in [0.1, 0.15) is 9.90 Å². The molecule has 182 valence electrons. The molecule has 0 saturated carbocycles. The number of aromatic nitrogens is 2. The molecule has 0 aliphatic rings. The zero-order valence-corrected chi connectivity index (χ0v) is 21.5. The number of aromatic amines is 1. The Hall–Kier alpha value is -3.37. The standard InChI is InChI=1S/C25H17Cl2N3O4S2/c26-17-8-7-15(12-18(17)27)14-30(22-6-3-5-19-16(22)13-21(29-19)25(31)32)36(33,34)24-10-9-23(35-24)20-4-1-2-11-28-20/h1-13,29H,14H2,(H,31,32). The van der Waals surface area contributed by atoms with Crippen molar-refractivity contribution >= 4 is 67.1 Å². The Morgan fingerprint density at radius 1 is 1.00 bits per heavy atom. The molecule has 36 heavy (non-hydrogen) atoms. The van der Waals surface area contributed by atoms with Crippen molar-refractivity contribution in [2.45, 2.75) is 10.8 Å². The lowest BCUT2D eigenvalue weighted by Gasteiger charge is -2.25. The summed E-state index contributed by atoms with van der Waals surface area (Å²) in [6.07, 6.45) is 1.65. The highest BCUT2D eigenvalue weighted by molar-refractivity contribution is 7.94. The van der Waals surface area contributed by atoms with Crippen LogP contribution in [-0.2, 0) is 16.6 Å². The average Bonchev–Trinajstić information content (AvgIpc) is 3.53. The fourth-order valence-electron chi connectivity index (χ4n) is 3.79. The Labute approximate surface area is 220 Å². The highest BCUT2D eigenvalue weighted by Gasteiger charge is 2.29. The van der Waals surface area contributed by atoms with E-state index in [1.165, 1.54) is 10.4 Å². The molecule has 2 N–H and O–H groups in total. The molecule has 0 aliphatic heterocycles. The van der Waals surface area contributed by atoms with E-state index in [2.05, 4.69) is 9.97 Å². The maximum atomic E-state index is 14.0. The van der Waals surface area contributed by atoms with Crippen LogP contribution < -0.4 is 4.31 Å². The van der Waals surface area contributed by atoms with E-state index in [1.54, 1.807) is 60.8 Å². The van der Waals surface area contributed by atoms with Crippen LogP contribution in [0.25, 0.3) is 21.5 Å². The van der Waals surface area contributed by atoms with Gasteiger partial charge in [-0.3, -0.25) is 9.29 Å². The van der Waals surface area contributed by atoms with E-state index in [0.717, 1.165) is 11.3 Å². The molecule has 0 amide bonds. The van der Waals surface area contributed by atoms with Gasteiger partial charge in [-0.1, -0.05) is 41.4 Å². The van der Waals surface area contributed by atoms with Gasteiger partial charge in [0, 0.05) is 17.1 Å². The first-order valence-corrected chi connectivity index (χ1v) is 13.6. The molecule has 0 aliphatic carbocycles. The summed E-state index contributed by atoms with van der Waals surface area (Å²) in [5, 5.41) is 10.6. The molecule has 0 spiro atoms. The number of carboxylic acid groups (broad SMARTS) is 1. The highest BCUT2D eigenvalue weighted by atomic mass is 35.5. The van der Waals surface area contributed by atoms with Crippen LogP contribution in [0.1, 0.15) is 16.1 Å². The van der Waals surface area contributed by atoms with Crippen LogP contribution in [0.3, 0.4) is 0 Å². The van der Waals surface area contributed by atoms with Gasteiger partial charge >= 0.3 is 5.97 Å². The molecule has 7 nitrogen and oxygen atoms in total. The monoisotopic (exact) mass is 557 g/mol. The van der Waals surface area contributed by atoms with Crippen molar-refractivity contribution in [3.63, 3.8) is 0 Å². The normalized spacial score (nSPS) is 11.6. The smallest absolute Gasteiger partial charge is 0.352 e. The minimum atomic E-state index is -4.08. The van der Waals surface area contributed by atoms with Gasteiger partial charge in [0.2, 0.25) is 0 Å². The molecule has 0 bridgehead atoms. The number of aromatic carboxylic acids is 1. The Morgan fingerprint density at radius 3 is 2.56 bits per heavy atom. The fourth-order valence-corrected chi connectivity index (χ4v) is 6.98. The first-order valence-electron chi connectivity index (χ1n) is 10.6. The average molecular weight is 558 g/mol. The summed E-state index contributed by atoms with van der Waals surface area (Å²) < 4.78 is 29.5. The molecular formula is C25H17Cl2N3O4S2. The van der Waals surface area contributed by atoms with E-state index < -0.39 is 16.0 Å². The van der Waals surface area contributed by atoms with Gasteiger partial charge in [-0.2, -0.15) is 0 Å². The van der Waals surface area contributed by atoms with Gasteiger partial charge in [-0.05, 0) is 60.2 Å². The minimum Gasteiger partial charge on any atom is -0.477 e. The number of sulfonamides is 1. The van der Waals surface area contributed by atoms with Crippen LogP contribution >= 0.6 is 34.5 Å². The molecular weight excluding hydrogens is 541 g/mol. The number of nitrogens with zero attached hydrogens (tertiary/aromatic N) is 2. The van der Waals surface area contributed by atoms with Crippen LogP contribution in [-0.4, -0.2) is 29.5 Å². The van der Waals surface area contributed by atoms with Crippen molar-refractivity contribution in [3.05, 3.63) is 100 Å². The summed E-state index contributed by atoms with van der Waals surface area (Å²) in [5.74, 6) is -1.14. The van der Waals surface area contributed by atoms with Gasteiger partial charge in [0.25, 0.3) is 10.0 Å². The first kappa shape index (κ1) is 24.3. The summed E-state index contributed by atoms with van der Waals surface area (Å²) in [7, 11) is -4.08. The highest BCUT2D eigenvalue weighted by Crippen LogP contribution is 2.37. The lowest BCUT2D eigenvalue weighted by molar-refractivity contribution is 0.0691. The van der Waals surface area contributed by atoms with Crippen molar-refractivity contribution < 1.29 is 18.3 Å². The molecule has 0 radical (unpaired) electrons. The summed E-state index contributed by atoms with van der Waals surface area (Å²) in [6.45, 7) is -0.0528. The van der Waals surface area contributed by atoms with Crippen molar-refractivity contribution in [2.75, 3.05) is 4.31 Å². The molecule has 0 saturated heterocycles. The fraction of sp³-hybridized carbons (Fsp3) is 0.0400. The third kappa shape index (κ3) is 4.58. The van der Waals surface area contributed by atoms with Gasteiger partial charge in [0.05, 0.1) is 32.8 Å². The Bertz CT molecular complexity index is 1700. The molecule has 3 heterocycles. The molecule has 11 heteroatoms. The molecule has 5 rings (SSSR count). The second-order valence-electron chi connectivity index (χ2n) is 7.82. The van der Waals surface area contributed by atoms with E-state index in [9.17, 15) is 18.3 Å². The van der Waals surface area contributed by atoms with Crippen LogP contribution in [0, 0.1) is 0 Å². The molecule has 2 aromatic carbocycles. The second-order valence-corrected chi connectivity index (χ2v) is 11.8. The molecule has 5 aromatic rings. The van der Waals surface area contributed by atoms with Crippen LogP contribution in [0.5, 0.6) is 0 Å². The van der Waals surface area contributed by atoms with Crippen molar-refractivity contribution in [2.24, 2.45) is 0 Å². The van der Waals surface area contributed by atoms with E-state index in [1.807, 2.05) is 12.1 Å². The van der Waals surface area contributed by atoms with Crippen molar-refractivity contribution in [1.82, 2.24) is 9.97 Å². The maximum absolute atomic E-state index is 14.0. The lowest BCUT2D eigenvalue weighted by atomic mass is 10.2. The summed E-state index contributed by atoms with van der Waals surface area (Å²) in [5.41, 5.74) is 2.06. The van der Waals surface area contributed by atoms with Gasteiger partial charge in [-0.15, -0.1) is 11.3 Å². The number of benzene rings is 2. The Morgan fingerprint density at radius 2 is 1.83 bits per heavy atom. The number of pyridine rings is 1. The summed E-state index contributed by atoms with van der Waals surface area (Å²) >= 11 is 13.4. The number of hydrogen-bond acceptors (Lipinski definition) is 5. The van der Waals surface area contributed by atoms with Crippen molar-refractivity contribution in [1.29, 1.82) is 0 Å². The zero-order chi connectivity index (χ0) is 25.4. The zero-order valence-electron chi connectivity index (χ0n) is 18.4. The number of fused-ring (bicyclic) bond motifs is 1. The minimum absolute atomic E-state index is 0.0436. The number of H-pyrrole nitrogens is 1. The number of rotatable bonds is 7. The Kier molecular flexibility index (Phi) is 6.48. The molecule has 0 unspecified atom stereocenters. The number of carboxylic acids is 1. The van der Waals surface area contributed by atoms with E-state index >= 15 is 0 Å². The number of halogens is 2. The topological polar surface area (TPSA) is 103 Å². The van der Waals surface area contributed by atoms with E-state index in [-0.39, 0.29) is 16.4 Å². The Balaban J connectivity index is 1.66. The molecule has 0 atom stereocenters. The summed E-state index contributed by atoms with van der Waals surface area (Å²) in [4.78, 5) is 19.4. The molecule has 3 aromatic heterocycles. The second kappa shape index (κ2) is 9.59.